The van der Waals surface area contributed by atoms with Gasteiger partial charge in [-0.2, -0.15) is 0 Å². The van der Waals surface area contributed by atoms with Gasteiger partial charge in [0, 0.05) is 63.4 Å². The Balaban J connectivity index is 1.24. The summed E-state index contributed by atoms with van der Waals surface area (Å²) in [6.07, 6.45) is 2.88. The lowest BCUT2D eigenvalue weighted by atomic mass is 9.87. The van der Waals surface area contributed by atoms with Crippen molar-refractivity contribution < 1.29 is 18.8 Å². The molecule has 0 saturated carbocycles. The highest BCUT2D eigenvalue weighted by Gasteiger charge is 2.24. The standard InChI is InChI=1S/C31H42FN5O3/c1-31(2,3)21-28(38)24-8-6-7-23(19-24)22-36-15-17-37(18-16-36)29(39)25-9-10-27(26(32)20-25)34-30(40)33-11-14-35-12-4-5-13-35/h6-10,19-20H,4-5,11-18,21-22H2,1-3H3,(H2,33,34,40). The number of benzene rings is 2. The molecule has 2 heterocycles. The number of carbonyl (C=O) groups excluding carboxylic acids is 3. The Kier molecular flexibility index (Phi) is 9.92. The van der Waals surface area contributed by atoms with Gasteiger partial charge in [0.05, 0.1) is 5.69 Å². The average molecular weight is 552 g/mol. The Hall–Kier alpha value is -3.30. The van der Waals surface area contributed by atoms with Crippen LogP contribution in [0.2, 0.25) is 0 Å². The quantitative estimate of drug-likeness (QED) is 0.445. The second kappa shape index (κ2) is 13.4. The number of urea groups is 1. The van der Waals surface area contributed by atoms with Crippen LogP contribution in [-0.4, -0.2) is 84.8 Å². The molecule has 0 aromatic heterocycles. The number of amides is 3. The topological polar surface area (TPSA) is 85.0 Å². The van der Waals surface area contributed by atoms with Gasteiger partial charge in [0.15, 0.2) is 5.78 Å². The summed E-state index contributed by atoms with van der Waals surface area (Å²) in [5.41, 5.74) is 2.06. The third-order valence-corrected chi connectivity index (χ3v) is 7.38. The van der Waals surface area contributed by atoms with Gasteiger partial charge in [-0.05, 0) is 61.2 Å². The Morgan fingerprint density at radius 2 is 1.60 bits per heavy atom. The third kappa shape index (κ3) is 8.60. The van der Waals surface area contributed by atoms with Gasteiger partial charge in [-0.3, -0.25) is 14.5 Å². The van der Waals surface area contributed by atoms with E-state index in [1.54, 1.807) is 11.0 Å². The summed E-state index contributed by atoms with van der Waals surface area (Å²) in [5.74, 6) is -0.716. The molecular formula is C31H42FN5O3. The van der Waals surface area contributed by atoms with E-state index in [4.69, 9.17) is 0 Å². The first-order valence-corrected chi connectivity index (χ1v) is 14.3. The van der Waals surface area contributed by atoms with Crippen molar-refractivity contribution in [2.45, 2.75) is 46.6 Å². The van der Waals surface area contributed by atoms with E-state index in [0.717, 1.165) is 30.8 Å². The van der Waals surface area contributed by atoms with Crippen LogP contribution in [0.15, 0.2) is 42.5 Å². The Morgan fingerprint density at radius 1 is 0.875 bits per heavy atom. The number of hydrogen-bond acceptors (Lipinski definition) is 5. The van der Waals surface area contributed by atoms with E-state index in [1.807, 2.05) is 24.3 Å². The maximum atomic E-state index is 14.7. The van der Waals surface area contributed by atoms with Crippen molar-refractivity contribution in [1.82, 2.24) is 20.0 Å². The molecule has 8 nitrogen and oxygen atoms in total. The normalized spacial score (nSPS) is 16.6. The molecule has 2 saturated heterocycles. The monoisotopic (exact) mass is 551 g/mol. The lowest BCUT2D eigenvalue weighted by Gasteiger charge is -2.35. The van der Waals surface area contributed by atoms with Crippen molar-refractivity contribution in [1.29, 1.82) is 0 Å². The molecule has 2 aromatic rings. The summed E-state index contributed by atoms with van der Waals surface area (Å²) < 4.78 is 14.7. The molecule has 0 spiro atoms. The molecule has 40 heavy (non-hydrogen) atoms. The largest absolute Gasteiger partial charge is 0.337 e. The minimum absolute atomic E-state index is 0.0447. The molecule has 3 amide bonds. The first-order valence-electron chi connectivity index (χ1n) is 14.3. The van der Waals surface area contributed by atoms with E-state index >= 15 is 0 Å². The summed E-state index contributed by atoms with van der Waals surface area (Å²) in [6.45, 7) is 12.7. The van der Waals surface area contributed by atoms with Crippen molar-refractivity contribution in [3.63, 3.8) is 0 Å². The SMILES string of the molecule is CC(C)(C)CC(=O)c1cccc(CN2CCN(C(=O)c3ccc(NC(=O)NCCN4CCCC4)c(F)c3)CC2)c1. The number of anilines is 1. The van der Waals surface area contributed by atoms with E-state index < -0.39 is 11.8 Å². The molecule has 2 fully saturated rings. The molecule has 0 atom stereocenters. The summed E-state index contributed by atoms with van der Waals surface area (Å²) in [4.78, 5) is 44.1. The highest BCUT2D eigenvalue weighted by atomic mass is 19.1. The number of nitrogens with zero attached hydrogens (tertiary/aromatic N) is 3. The van der Waals surface area contributed by atoms with Crippen LogP contribution < -0.4 is 10.6 Å². The van der Waals surface area contributed by atoms with Crippen molar-refractivity contribution in [2.24, 2.45) is 5.41 Å². The van der Waals surface area contributed by atoms with E-state index in [9.17, 15) is 18.8 Å². The van der Waals surface area contributed by atoms with Crippen LogP contribution >= 0.6 is 0 Å². The second-order valence-corrected chi connectivity index (χ2v) is 12.1. The number of Topliss-reactive ketones (excluding diaryl/α,β-unsaturated/α-hetero) is 1. The number of likely N-dealkylation sites (tertiary alicyclic amines) is 1. The van der Waals surface area contributed by atoms with E-state index in [2.05, 4.69) is 41.2 Å². The molecule has 0 radical (unpaired) electrons. The number of piperazine rings is 1. The number of hydrogen-bond donors (Lipinski definition) is 2. The van der Waals surface area contributed by atoms with E-state index in [0.29, 0.717) is 45.7 Å². The molecule has 2 aliphatic rings. The van der Waals surface area contributed by atoms with Crippen LogP contribution in [0.1, 0.15) is 66.3 Å². The van der Waals surface area contributed by atoms with Gasteiger partial charge in [0.2, 0.25) is 0 Å². The second-order valence-electron chi connectivity index (χ2n) is 12.1. The summed E-state index contributed by atoms with van der Waals surface area (Å²) in [5, 5.41) is 5.29. The van der Waals surface area contributed by atoms with Crippen LogP contribution in [0.4, 0.5) is 14.9 Å². The number of halogens is 1. The molecule has 2 aromatic carbocycles. The maximum Gasteiger partial charge on any atom is 0.319 e. The molecule has 0 unspecified atom stereocenters. The summed E-state index contributed by atoms with van der Waals surface area (Å²) >= 11 is 0. The molecule has 0 bridgehead atoms. The van der Waals surface area contributed by atoms with Gasteiger partial charge >= 0.3 is 6.03 Å². The van der Waals surface area contributed by atoms with Crippen molar-refractivity contribution in [2.75, 3.05) is 57.7 Å². The van der Waals surface area contributed by atoms with Crippen molar-refractivity contribution >= 4 is 23.4 Å². The van der Waals surface area contributed by atoms with Crippen molar-refractivity contribution in [3.05, 3.63) is 65.0 Å². The number of rotatable bonds is 9. The molecular weight excluding hydrogens is 509 g/mol. The maximum absolute atomic E-state index is 14.7. The Labute approximate surface area is 236 Å². The van der Waals surface area contributed by atoms with Crippen LogP contribution in [-0.2, 0) is 6.54 Å². The average Bonchev–Trinajstić information content (AvgIpc) is 3.43. The van der Waals surface area contributed by atoms with Crippen LogP contribution in [0, 0.1) is 11.2 Å². The summed E-state index contributed by atoms with van der Waals surface area (Å²) in [7, 11) is 0. The number of carbonyl (C=O) groups is 3. The minimum Gasteiger partial charge on any atom is -0.337 e. The predicted molar refractivity (Wildman–Crippen MR) is 155 cm³/mol. The fraction of sp³-hybridized carbons (Fsp3) is 0.516. The first-order chi connectivity index (χ1) is 19.1. The number of nitrogens with one attached hydrogen (secondary N) is 2. The lowest BCUT2D eigenvalue weighted by Crippen LogP contribution is -2.48. The lowest BCUT2D eigenvalue weighted by molar-refractivity contribution is 0.0627. The highest BCUT2D eigenvalue weighted by Crippen LogP contribution is 2.23. The zero-order chi connectivity index (χ0) is 28.7. The first kappa shape index (κ1) is 29.7. The molecule has 216 valence electrons. The smallest absolute Gasteiger partial charge is 0.319 e. The molecule has 2 aliphatic heterocycles. The zero-order valence-electron chi connectivity index (χ0n) is 24.0. The van der Waals surface area contributed by atoms with E-state index in [-0.39, 0.29) is 28.4 Å². The van der Waals surface area contributed by atoms with Gasteiger partial charge < -0.3 is 20.4 Å². The third-order valence-electron chi connectivity index (χ3n) is 7.38. The molecule has 9 heteroatoms. The zero-order valence-corrected chi connectivity index (χ0v) is 24.0. The fourth-order valence-electron chi connectivity index (χ4n) is 5.23. The number of ketones is 1. The molecule has 2 N–H and O–H groups in total. The minimum atomic E-state index is -0.639. The molecule has 0 aliphatic carbocycles. The van der Waals surface area contributed by atoms with Gasteiger partial charge in [0.1, 0.15) is 5.82 Å². The van der Waals surface area contributed by atoms with E-state index in [1.165, 1.54) is 25.0 Å². The Bertz CT molecular complexity index is 1200. The highest BCUT2D eigenvalue weighted by molar-refractivity contribution is 5.97. The fourth-order valence-corrected chi connectivity index (χ4v) is 5.23. The van der Waals surface area contributed by atoms with Gasteiger partial charge in [-0.25, -0.2) is 9.18 Å². The van der Waals surface area contributed by atoms with Crippen LogP contribution in [0.3, 0.4) is 0 Å². The van der Waals surface area contributed by atoms with Gasteiger partial charge in [-0.1, -0.05) is 39.0 Å². The van der Waals surface area contributed by atoms with Crippen LogP contribution in [0.25, 0.3) is 0 Å². The van der Waals surface area contributed by atoms with Crippen LogP contribution in [0.5, 0.6) is 0 Å². The summed E-state index contributed by atoms with van der Waals surface area (Å²) in [6, 6.07) is 11.5. The van der Waals surface area contributed by atoms with Gasteiger partial charge in [0.25, 0.3) is 5.91 Å². The Morgan fingerprint density at radius 3 is 2.27 bits per heavy atom. The van der Waals surface area contributed by atoms with Crippen molar-refractivity contribution in [3.8, 4) is 0 Å². The van der Waals surface area contributed by atoms with Gasteiger partial charge in [-0.15, -0.1) is 0 Å². The predicted octanol–water partition coefficient (Wildman–Crippen LogP) is 4.62. The molecule has 4 rings (SSSR count).